The van der Waals surface area contributed by atoms with Crippen molar-refractivity contribution in [1.82, 2.24) is 20.1 Å². The van der Waals surface area contributed by atoms with E-state index in [1.165, 1.54) is 31.0 Å². The molecular weight excluding hydrogens is 380 g/mol. The third-order valence-corrected chi connectivity index (χ3v) is 6.54. The second kappa shape index (κ2) is 8.75. The number of amides is 1. The van der Waals surface area contributed by atoms with Gasteiger partial charge < -0.3 is 9.73 Å². The number of hydrogen-bond donors (Lipinski definition) is 1. The van der Waals surface area contributed by atoms with Crippen LogP contribution in [0, 0.1) is 0 Å². The third kappa shape index (κ3) is 4.44. The van der Waals surface area contributed by atoms with E-state index in [9.17, 15) is 4.79 Å². The van der Waals surface area contributed by atoms with Crippen LogP contribution in [0.15, 0.2) is 45.5 Å². The highest BCUT2D eigenvalue weighted by atomic mass is 32.2. The Balaban J connectivity index is 1.46. The highest BCUT2D eigenvalue weighted by Gasteiger charge is 2.25. The summed E-state index contributed by atoms with van der Waals surface area (Å²) < 4.78 is 7.73. The van der Waals surface area contributed by atoms with Crippen molar-refractivity contribution < 1.29 is 9.21 Å². The number of nitrogens with zero attached hydrogens (tertiary/aromatic N) is 3. The van der Waals surface area contributed by atoms with Crippen molar-refractivity contribution in [3.63, 3.8) is 0 Å². The molecule has 3 aromatic heterocycles. The maximum Gasteiger partial charge on any atom is 0.230 e. The average Bonchev–Trinajstić information content (AvgIpc) is 3.46. The number of carbonyl (C=O) groups excluding carboxylic acids is 1. The largest absolute Gasteiger partial charge is 0.461 e. The monoisotopic (exact) mass is 402 g/mol. The molecule has 6 nitrogen and oxygen atoms in total. The third-order valence-electron chi connectivity index (χ3n) is 4.72. The van der Waals surface area contributed by atoms with Crippen LogP contribution >= 0.6 is 23.1 Å². The minimum absolute atomic E-state index is 0.00569. The van der Waals surface area contributed by atoms with Gasteiger partial charge in [-0.15, -0.1) is 21.5 Å². The number of furan rings is 1. The molecule has 0 spiro atoms. The molecule has 1 aliphatic carbocycles. The Hall–Kier alpha value is -2.06. The molecular formula is C19H22N4O2S2. The van der Waals surface area contributed by atoms with E-state index in [4.69, 9.17) is 4.42 Å². The molecule has 3 heterocycles. The zero-order chi connectivity index (χ0) is 18.5. The predicted octanol–water partition coefficient (Wildman–Crippen LogP) is 4.51. The molecule has 3 aromatic rings. The smallest absolute Gasteiger partial charge is 0.230 e. The highest BCUT2D eigenvalue weighted by Crippen LogP contribution is 2.35. The minimum atomic E-state index is 0.00569. The predicted molar refractivity (Wildman–Crippen MR) is 107 cm³/mol. The van der Waals surface area contributed by atoms with E-state index in [2.05, 4.69) is 20.1 Å². The first-order valence-electron chi connectivity index (χ1n) is 9.22. The Kier molecular flexibility index (Phi) is 5.94. The van der Waals surface area contributed by atoms with Gasteiger partial charge >= 0.3 is 0 Å². The van der Waals surface area contributed by atoms with Gasteiger partial charge in [-0.1, -0.05) is 37.1 Å². The van der Waals surface area contributed by atoms with Gasteiger partial charge in [-0.2, -0.15) is 0 Å². The van der Waals surface area contributed by atoms with Crippen LogP contribution in [0.2, 0.25) is 0 Å². The summed E-state index contributed by atoms with van der Waals surface area (Å²) >= 11 is 3.09. The van der Waals surface area contributed by atoms with Crippen LogP contribution in [-0.2, 0) is 11.3 Å². The maximum atomic E-state index is 12.2. The lowest BCUT2D eigenvalue weighted by atomic mass is 9.95. The second-order valence-electron chi connectivity index (χ2n) is 6.59. The summed E-state index contributed by atoms with van der Waals surface area (Å²) in [6.45, 7) is 0.573. The summed E-state index contributed by atoms with van der Waals surface area (Å²) in [5, 5.41) is 14.5. The summed E-state index contributed by atoms with van der Waals surface area (Å²) in [7, 11) is 0. The number of carbonyl (C=O) groups is 1. The van der Waals surface area contributed by atoms with E-state index in [1.807, 2.05) is 29.6 Å². The zero-order valence-electron chi connectivity index (χ0n) is 15.0. The Morgan fingerprint density at radius 1 is 1.26 bits per heavy atom. The SMILES string of the molecule is O=C(CSc1nnc(-c2ccco2)n1C1CCCCC1)NCc1cccs1. The summed E-state index contributed by atoms with van der Waals surface area (Å²) in [6, 6.07) is 8.15. The molecule has 1 saturated carbocycles. The number of hydrogen-bond acceptors (Lipinski definition) is 6. The Bertz CT molecular complexity index is 853. The van der Waals surface area contributed by atoms with Crippen molar-refractivity contribution in [2.24, 2.45) is 0 Å². The quantitative estimate of drug-likeness (QED) is 0.589. The fourth-order valence-corrected chi connectivity index (χ4v) is 4.88. The van der Waals surface area contributed by atoms with Crippen molar-refractivity contribution in [1.29, 1.82) is 0 Å². The second-order valence-corrected chi connectivity index (χ2v) is 8.56. The molecule has 0 atom stereocenters. The first kappa shape index (κ1) is 18.3. The molecule has 0 bridgehead atoms. The normalized spacial score (nSPS) is 15.1. The van der Waals surface area contributed by atoms with Gasteiger partial charge in [0.15, 0.2) is 10.9 Å². The molecule has 0 saturated heterocycles. The summed E-state index contributed by atoms with van der Waals surface area (Å²) in [6.07, 6.45) is 7.59. The standard InChI is InChI=1S/C19H22N4O2S2/c24-17(20-12-15-8-5-11-26-15)13-27-19-22-21-18(16-9-4-10-25-16)23(19)14-6-2-1-3-7-14/h4-5,8-11,14H,1-3,6-7,12-13H2,(H,20,24). The van der Waals surface area contributed by atoms with Crippen molar-refractivity contribution in [3.8, 4) is 11.6 Å². The molecule has 0 aliphatic heterocycles. The van der Waals surface area contributed by atoms with Crippen LogP contribution in [0.1, 0.15) is 43.0 Å². The van der Waals surface area contributed by atoms with Gasteiger partial charge in [-0.25, -0.2) is 0 Å². The topological polar surface area (TPSA) is 73.0 Å². The summed E-state index contributed by atoms with van der Waals surface area (Å²) in [4.78, 5) is 13.4. The van der Waals surface area contributed by atoms with Gasteiger partial charge in [0.2, 0.25) is 11.7 Å². The lowest BCUT2D eigenvalue weighted by Gasteiger charge is -2.25. The van der Waals surface area contributed by atoms with Gasteiger partial charge in [-0.05, 0) is 36.4 Å². The molecule has 0 radical (unpaired) electrons. The minimum Gasteiger partial charge on any atom is -0.461 e. The lowest BCUT2D eigenvalue weighted by Crippen LogP contribution is -2.24. The molecule has 0 aromatic carbocycles. The molecule has 1 amide bonds. The van der Waals surface area contributed by atoms with Crippen LogP contribution < -0.4 is 5.32 Å². The van der Waals surface area contributed by atoms with E-state index in [0.717, 1.165) is 34.5 Å². The number of thiophene rings is 1. The molecule has 27 heavy (non-hydrogen) atoms. The molecule has 4 rings (SSSR count). The number of rotatable bonds is 7. The van der Waals surface area contributed by atoms with Crippen LogP contribution in [0.5, 0.6) is 0 Å². The average molecular weight is 403 g/mol. The van der Waals surface area contributed by atoms with Crippen LogP contribution in [-0.4, -0.2) is 26.4 Å². The highest BCUT2D eigenvalue weighted by molar-refractivity contribution is 7.99. The molecule has 142 valence electrons. The van der Waals surface area contributed by atoms with Crippen molar-refractivity contribution in [2.75, 3.05) is 5.75 Å². The van der Waals surface area contributed by atoms with Crippen LogP contribution in [0.25, 0.3) is 11.6 Å². The van der Waals surface area contributed by atoms with Crippen molar-refractivity contribution >= 4 is 29.0 Å². The van der Waals surface area contributed by atoms with E-state index >= 15 is 0 Å². The zero-order valence-corrected chi connectivity index (χ0v) is 16.6. The number of aromatic nitrogens is 3. The van der Waals surface area contributed by atoms with Crippen molar-refractivity contribution in [2.45, 2.75) is 49.8 Å². The first-order valence-corrected chi connectivity index (χ1v) is 11.1. The molecule has 8 heteroatoms. The number of thioether (sulfide) groups is 1. The maximum absolute atomic E-state index is 12.2. The van der Waals surface area contributed by atoms with Gasteiger partial charge in [0.1, 0.15) is 0 Å². The Morgan fingerprint density at radius 2 is 2.15 bits per heavy atom. The van der Waals surface area contributed by atoms with E-state index in [1.54, 1.807) is 17.6 Å². The number of nitrogens with one attached hydrogen (secondary N) is 1. The molecule has 1 N–H and O–H groups in total. The molecule has 0 unspecified atom stereocenters. The van der Waals surface area contributed by atoms with Crippen LogP contribution in [0.3, 0.4) is 0 Å². The van der Waals surface area contributed by atoms with Gasteiger partial charge in [-0.3, -0.25) is 9.36 Å². The van der Waals surface area contributed by atoms with E-state index in [-0.39, 0.29) is 5.91 Å². The lowest BCUT2D eigenvalue weighted by molar-refractivity contribution is -0.118. The fraction of sp³-hybridized carbons (Fsp3) is 0.421. The first-order chi connectivity index (χ1) is 13.3. The molecule has 1 fully saturated rings. The van der Waals surface area contributed by atoms with Gasteiger partial charge in [0.05, 0.1) is 18.6 Å². The van der Waals surface area contributed by atoms with Crippen LogP contribution in [0.4, 0.5) is 0 Å². The molecule has 1 aliphatic rings. The Morgan fingerprint density at radius 3 is 2.89 bits per heavy atom. The summed E-state index contributed by atoms with van der Waals surface area (Å²) in [5.74, 6) is 1.82. The van der Waals surface area contributed by atoms with Crippen molar-refractivity contribution in [3.05, 3.63) is 40.8 Å². The van der Waals surface area contributed by atoms with E-state index < -0.39 is 0 Å². The fourth-order valence-electron chi connectivity index (χ4n) is 3.40. The summed E-state index contributed by atoms with van der Waals surface area (Å²) in [5.41, 5.74) is 0. The van der Waals surface area contributed by atoms with E-state index in [0.29, 0.717) is 18.3 Å². The Labute approximate surface area is 166 Å². The van der Waals surface area contributed by atoms with Gasteiger partial charge in [0, 0.05) is 10.9 Å². The van der Waals surface area contributed by atoms with Gasteiger partial charge in [0.25, 0.3) is 0 Å².